The van der Waals surface area contributed by atoms with E-state index in [0.717, 1.165) is 6.54 Å². The van der Waals surface area contributed by atoms with Crippen LogP contribution >= 0.6 is 11.8 Å². The summed E-state index contributed by atoms with van der Waals surface area (Å²) >= 11 is 1.99. The first-order valence-corrected chi connectivity index (χ1v) is 6.82. The zero-order chi connectivity index (χ0) is 11.5. The van der Waals surface area contributed by atoms with E-state index in [4.69, 9.17) is 0 Å². The number of anilines is 1. The van der Waals surface area contributed by atoms with E-state index in [1.807, 2.05) is 18.8 Å². The minimum atomic E-state index is 0.659. The highest BCUT2D eigenvalue weighted by Crippen LogP contribution is 2.37. The number of hydrogen-bond acceptors (Lipinski definition) is 3. The van der Waals surface area contributed by atoms with Gasteiger partial charge < -0.3 is 10.2 Å². The molecule has 1 aliphatic rings. The molecule has 3 heteroatoms. The summed E-state index contributed by atoms with van der Waals surface area (Å²) in [6, 6.07) is 7.41. The zero-order valence-electron chi connectivity index (χ0n) is 10.3. The highest BCUT2D eigenvalue weighted by atomic mass is 32.2. The van der Waals surface area contributed by atoms with Crippen LogP contribution in [0.1, 0.15) is 12.0 Å². The van der Waals surface area contributed by atoms with Crippen molar-refractivity contribution in [2.75, 3.05) is 31.3 Å². The molecule has 0 saturated carbocycles. The molecule has 1 atom stereocenters. The fourth-order valence-electron chi connectivity index (χ4n) is 2.11. The monoisotopic (exact) mass is 236 g/mol. The minimum Gasteiger partial charge on any atom is -0.370 e. The van der Waals surface area contributed by atoms with Gasteiger partial charge in [0.2, 0.25) is 0 Å². The Hall–Kier alpha value is -0.670. The van der Waals surface area contributed by atoms with Gasteiger partial charge in [0.15, 0.2) is 0 Å². The van der Waals surface area contributed by atoms with Gasteiger partial charge in [-0.1, -0.05) is 6.07 Å². The number of benzene rings is 1. The molecule has 16 heavy (non-hydrogen) atoms. The van der Waals surface area contributed by atoms with Gasteiger partial charge in [0.05, 0.1) is 5.69 Å². The Bertz CT molecular complexity index is 365. The number of rotatable bonds is 3. The number of thioether (sulfide) groups is 1. The van der Waals surface area contributed by atoms with Gasteiger partial charge in [-0.3, -0.25) is 0 Å². The molecule has 0 aromatic heterocycles. The Morgan fingerprint density at radius 3 is 3.06 bits per heavy atom. The van der Waals surface area contributed by atoms with Crippen molar-refractivity contribution in [2.24, 2.45) is 0 Å². The van der Waals surface area contributed by atoms with Crippen molar-refractivity contribution < 1.29 is 0 Å². The van der Waals surface area contributed by atoms with E-state index in [0.29, 0.717) is 6.04 Å². The van der Waals surface area contributed by atoms with Crippen LogP contribution in [0.15, 0.2) is 23.1 Å². The van der Waals surface area contributed by atoms with E-state index >= 15 is 0 Å². The van der Waals surface area contributed by atoms with Crippen LogP contribution in [0, 0.1) is 6.92 Å². The van der Waals surface area contributed by atoms with E-state index in [1.54, 1.807) is 0 Å². The fraction of sp³-hybridized carbons (Fsp3) is 0.538. The minimum absolute atomic E-state index is 0.659. The van der Waals surface area contributed by atoms with Crippen molar-refractivity contribution in [3.63, 3.8) is 0 Å². The van der Waals surface area contributed by atoms with Gasteiger partial charge in [-0.15, -0.1) is 11.8 Å². The van der Waals surface area contributed by atoms with E-state index in [9.17, 15) is 0 Å². The first-order valence-electron chi connectivity index (χ1n) is 5.83. The molecule has 0 saturated heterocycles. The van der Waals surface area contributed by atoms with E-state index in [1.165, 1.54) is 28.3 Å². The third kappa shape index (κ3) is 2.36. The van der Waals surface area contributed by atoms with E-state index < -0.39 is 0 Å². The normalized spacial score (nSPS) is 19.7. The van der Waals surface area contributed by atoms with Gasteiger partial charge in [-0.05, 0) is 44.6 Å². The first-order chi connectivity index (χ1) is 7.72. The molecule has 2 rings (SSSR count). The van der Waals surface area contributed by atoms with Gasteiger partial charge in [0.1, 0.15) is 0 Å². The van der Waals surface area contributed by atoms with Crippen LogP contribution in [0.25, 0.3) is 0 Å². The first kappa shape index (κ1) is 11.8. The second kappa shape index (κ2) is 5.11. The highest BCUT2D eigenvalue weighted by Gasteiger charge is 2.23. The third-order valence-electron chi connectivity index (χ3n) is 3.20. The quantitative estimate of drug-likeness (QED) is 0.868. The highest BCUT2D eigenvalue weighted by molar-refractivity contribution is 7.99. The Balaban J connectivity index is 2.17. The van der Waals surface area contributed by atoms with Crippen LogP contribution in [0.2, 0.25) is 0 Å². The number of aryl methyl sites for hydroxylation is 1. The van der Waals surface area contributed by atoms with E-state index in [2.05, 4.69) is 42.4 Å². The molecule has 88 valence electrons. The summed E-state index contributed by atoms with van der Waals surface area (Å²) in [6.07, 6.45) is 1.22. The van der Waals surface area contributed by atoms with Crippen LogP contribution in [0.4, 0.5) is 5.69 Å². The molecule has 1 unspecified atom stereocenters. The molecule has 1 aromatic carbocycles. The number of hydrogen-bond donors (Lipinski definition) is 1. The average molecular weight is 236 g/mol. The summed E-state index contributed by atoms with van der Waals surface area (Å²) in [6.45, 7) is 3.26. The lowest BCUT2D eigenvalue weighted by Crippen LogP contribution is -2.38. The molecule has 0 aliphatic carbocycles. The molecule has 1 N–H and O–H groups in total. The lowest BCUT2D eigenvalue weighted by Gasteiger charge is -2.35. The van der Waals surface area contributed by atoms with Crippen molar-refractivity contribution in [3.8, 4) is 0 Å². The fourth-order valence-corrected chi connectivity index (χ4v) is 3.38. The van der Waals surface area contributed by atoms with Crippen LogP contribution in [0.3, 0.4) is 0 Å². The van der Waals surface area contributed by atoms with Gasteiger partial charge in [-0.25, -0.2) is 0 Å². The Kier molecular flexibility index (Phi) is 3.77. The zero-order valence-corrected chi connectivity index (χ0v) is 11.1. The molecule has 0 bridgehead atoms. The number of fused-ring (bicyclic) bond motifs is 1. The summed E-state index contributed by atoms with van der Waals surface area (Å²) < 4.78 is 0. The maximum atomic E-state index is 3.23. The molecule has 0 fully saturated rings. The SMILES string of the molecule is CNCCC1CSc2ccc(C)cc2N1C. The maximum absolute atomic E-state index is 3.23. The second-order valence-electron chi connectivity index (χ2n) is 4.44. The maximum Gasteiger partial charge on any atom is 0.0507 e. The Labute approximate surface area is 102 Å². The van der Waals surface area contributed by atoms with Crippen LogP contribution in [0.5, 0.6) is 0 Å². The van der Waals surface area contributed by atoms with Gasteiger partial charge in [0.25, 0.3) is 0 Å². The lowest BCUT2D eigenvalue weighted by atomic mass is 10.1. The van der Waals surface area contributed by atoms with E-state index in [-0.39, 0.29) is 0 Å². The summed E-state index contributed by atoms with van der Waals surface area (Å²) in [5.41, 5.74) is 2.75. The smallest absolute Gasteiger partial charge is 0.0507 e. The molecule has 0 spiro atoms. The largest absolute Gasteiger partial charge is 0.370 e. The predicted octanol–water partition coefficient (Wildman–Crippen LogP) is 2.52. The predicted molar refractivity (Wildman–Crippen MR) is 72.6 cm³/mol. The summed E-state index contributed by atoms with van der Waals surface area (Å²) in [7, 11) is 4.24. The van der Waals surface area contributed by atoms with Crippen LogP contribution in [-0.2, 0) is 0 Å². The molecule has 0 amide bonds. The standard InChI is InChI=1S/C13H20N2S/c1-10-4-5-13-12(8-10)15(3)11(9-16-13)6-7-14-2/h4-5,8,11,14H,6-7,9H2,1-3H3. The van der Waals surface area contributed by atoms with Gasteiger partial charge in [0, 0.05) is 23.7 Å². The lowest BCUT2D eigenvalue weighted by molar-refractivity contribution is 0.598. The van der Waals surface area contributed by atoms with Crippen LogP contribution < -0.4 is 10.2 Å². The van der Waals surface area contributed by atoms with Gasteiger partial charge in [-0.2, -0.15) is 0 Å². The molecular weight excluding hydrogens is 216 g/mol. The second-order valence-corrected chi connectivity index (χ2v) is 5.50. The summed E-state index contributed by atoms with van der Waals surface area (Å²) in [5.74, 6) is 1.20. The topological polar surface area (TPSA) is 15.3 Å². The third-order valence-corrected chi connectivity index (χ3v) is 4.41. The molecule has 0 radical (unpaired) electrons. The molecule has 1 heterocycles. The van der Waals surface area contributed by atoms with Crippen molar-refractivity contribution >= 4 is 17.4 Å². The van der Waals surface area contributed by atoms with Crippen LogP contribution in [-0.4, -0.2) is 32.4 Å². The van der Waals surface area contributed by atoms with Crippen molar-refractivity contribution in [1.29, 1.82) is 0 Å². The Morgan fingerprint density at radius 1 is 1.50 bits per heavy atom. The molecular formula is C13H20N2S. The number of nitrogens with one attached hydrogen (secondary N) is 1. The van der Waals surface area contributed by atoms with Crippen molar-refractivity contribution in [1.82, 2.24) is 5.32 Å². The van der Waals surface area contributed by atoms with Crippen molar-refractivity contribution in [2.45, 2.75) is 24.3 Å². The molecule has 2 nitrogen and oxygen atoms in total. The van der Waals surface area contributed by atoms with Crippen molar-refractivity contribution in [3.05, 3.63) is 23.8 Å². The Morgan fingerprint density at radius 2 is 2.31 bits per heavy atom. The number of nitrogens with zero attached hydrogens (tertiary/aromatic N) is 1. The summed E-state index contributed by atoms with van der Waals surface area (Å²) in [4.78, 5) is 3.87. The average Bonchev–Trinajstić information content (AvgIpc) is 2.29. The molecule has 1 aliphatic heterocycles. The summed E-state index contributed by atoms with van der Waals surface area (Å²) in [5, 5.41) is 3.23. The molecule has 1 aromatic rings. The van der Waals surface area contributed by atoms with Gasteiger partial charge >= 0.3 is 0 Å².